The van der Waals surface area contributed by atoms with E-state index in [9.17, 15) is 0 Å². The average molecular weight is 338 g/mol. The molecule has 0 N–H and O–H groups in total. The number of halogens is 1. The van der Waals surface area contributed by atoms with Crippen molar-refractivity contribution in [2.24, 2.45) is 0 Å². The lowest BCUT2D eigenvalue weighted by molar-refractivity contribution is -0.0783. The third-order valence-corrected chi connectivity index (χ3v) is 4.82. The maximum Gasteiger partial charge on any atom is 0.0704 e. The summed E-state index contributed by atoms with van der Waals surface area (Å²) >= 11 is 6.45. The molecule has 0 aliphatic carbocycles. The van der Waals surface area contributed by atoms with E-state index in [0.717, 1.165) is 12.8 Å². The second kappa shape index (κ2) is 9.40. The molecule has 1 heterocycles. The molecule has 0 aromatic rings. The van der Waals surface area contributed by atoms with Crippen molar-refractivity contribution >= 4 is 11.8 Å². The second-order valence-electron chi connectivity index (χ2n) is 7.02. The van der Waals surface area contributed by atoms with Crippen LogP contribution >= 0.6 is 11.8 Å². The highest BCUT2D eigenvalue weighted by molar-refractivity contribution is 6.14. The molecule has 5 nitrogen and oxygen atoms in total. The lowest BCUT2D eigenvalue weighted by Crippen LogP contribution is -2.57. The fraction of sp³-hybridized carbons (Fsp3) is 1.00. The molecule has 132 valence electrons. The van der Waals surface area contributed by atoms with Gasteiger partial charge in [0.05, 0.1) is 45.7 Å². The molecule has 0 amide bonds. The quantitative estimate of drug-likeness (QED) is 0.453. The molecule has 0 atom stereocenters. The summed E-state index contributed by atoms with van der Waals surface area (Å²) < 4.78 is 23.6. The van der Waals surface area contributed by atoms with Crippen LogP contribution in [0.25, 0.3) is 0 Å². The Morgan fingerprint density at radius 3 is 1.82 bits per heavy atom. The summed E-state index contributed by atoms with van der Waals surface area (Å²) in [6.45, 7) is 12.2. The van der Waals surface area contributed by atoms with E-state index in [-0.39, 0.29) is 17.2 Å². The van der Waals surface area contributed by atoms with Crippen LogP contribution < -0.4 is 0 Å². The zero-order valence-electron chi connectivity index (χ0n) is 14.7. The van der Waals surface area contributed by atoms with E-state index in [2.05, 4.69) is 27.7 Å². The second-order valence-corrected chi connectivity index (χ2v) is 7.36. The number of nitrogens with zero attached hydrogens (tertiary/aromatic N) is 1. The van der Waals surface area contributed by atoms with Gasteiger partial charge in [-0.05, 0) is 52.3 Å². The van der Waals surface area contributed by atoms with E-state index in [4.69, 9.17) is 30.7 Å². The smallest absolute Gasteiger partial charge is 0.0704 e. The topological polar surface area (TPSA) is 40.2 Å². The molecule has 0 unspecified atom stereocenters. The first-order valence-corrected chi connectivity index (χ1v) is 8.35. The molecule has 1 aliphatic heterocycles. The fourth-order valence-corrected chi connectivity index (χ4v) is 3.16. The largest absolute Gasteiger partial charge is 0.382 e. The van der Waals surface area contributed by atoms with Crippen LogP contribution in [0.3, 0.4) is 0 Å². The molecule has 0 spiro atoms. The van der Waals surface area contributed by atoms with Crippen LogP contribution in [0.2, 0.25) is 0 Å². The van der Waals surface area contributed by atoms with Gasteiger partial charge in [0.1, 0.15) is 0 Å². The molecule has 1 aliphatic rings. The predicted octanol–water partition coefficient (Wildman–Crippen LogP) is 2.86. The van der Waals surface area contributed by atoms with Crippen LogP contribution in [-0.2, 0) is 18.9 Å². The summed E-state index contributed by atoms with van der Waals surface area (Å²) in [7, 11) is 1.66. The van der Waals surface area contributed by atoms with E-state index in [1.165, 1.54) is 0 Å². The molecular weight excluding hydrogens is 306 g/mol. The van der Waals surface area contributed by atoms with Crippen molar-refractivity contribution in [3.05, 3.63) is 0 Å². The standard InChI is InChI=1S/C16H32ClNO4/c1-15(2)12-14(13-16(3,4)18(15)17)22-11-10-21-9-8-20-7-6-19-5/h14H,6-13H2,1-5H3. The molecule has 0 aromatic carbocycles. The maximum absolute atomic E-state index is 6.45. The molecule has 22 heavy (non-hydrogen) atoms. The van der Waals surface area contributed by atoms with Gasteiger partial charge in [-0.25, -0.2) is 4.42 Å². The van der Waals surface area contributed by atoms with Gasteiger partial charge in [0.15, 0.2) is 0 Å². The van der Waals surface area contributed by atoms with E-state index < -0.39 is 0 Å². The number of piperidine rings is 1. The van der Waals surface area contributed by atoms with Crippen molar-refractivity contribution in [1.29, 1.82) is 0 Å². The van der Waals surface area contributed by atoms with Crippen molar-refractivity contribution < 1.29 is 18.9 Å². The summed E-state index contributed by atoms with van der Waals surface area (Å²) in [4.78, 5) is 0. The third kappa shape index (κ3) is 6.69. The van der Waals surface area contributed by atoms with Crippen molar-refractivity contribution in [1.82, 2.24) is 4.42 Å². The maximum atomic E-state index is 6.45. The van der Waals surface area contributed by atoms with Gasteiger partial charge in [0.2, 0.25) is 0 Å². The van der Waals surface area contributed by atoms with Gasteiger partial charge < -0.3 is 18.9 Å². The van der Waals surface area contributed by atoms with Crippen LogP contribution in [0, 0.1) is 0 Å². The summed E-state index contributed by atoms with van der Waals surface area (Å²) in [5.41, 5.74) is -0.131. The number of hydrogen-bond donors (Lipinski definition) is 0. The van der Waals surface area contributed by atoms with Crippen LogP contribution in [0.15, 0.2) is 0 Å². The Balaban J connectivity index is 2.12. The number of rotatable bonds is 10. The minimum Gasteiger partial charge on any atom is -0.382 e. The first-order chi connectivity index (χ1) is 10.3. The highest BCUT2D eigenvalue weighted by Crippen LogP contribution is 2.40. The van der Waals surface area contributed by atoms with Crippen molar-refractivity contribution in [2.75, 3.05) is 46.8 Å². The molecule has 1 fully saturated rings. The first kappa shape index (κ1) is 20.1. The molecule has 1 rings (SSSR count). The minimum absolute atomic E-state index is 0.0655. The Kier molecular flexibility index (Phi) is 8.60. The SMILES string of the molecule is COCCOCCOCCOC1CC(C)(C)N(Cl)C(C)(C)C1. The van der Waals surface area contributed by atoms with Crippen molar-refractivity contribution in [3.63, 3.8) is 0 Å². The fourth-order valence-electron chi connectivity index (χ4n) is 3.02. The van der Waals surface area contributed by atoms with Gasteiger partial charge in [-0.2, -0.15) is 0 Å². The van der Waals surface area contributed by atoms with Gasteiger partial charge in [0, 0.05) is 18.2 Å². The van der Waals surface area contributed by atoms with Gasteiger partial charge >= 0.3 is 0 Å². The average Bonchev–Trinajstić information content (AvgIpc) is 2.42. The molecule has 0 aromatic heterocycles. The minimum atomic E-state index is -0.0655. The lowest BCUT2D eigenvalue weighted by Gasteiger charge is -2.51. The van der Waals surface area contributed by atoms with Gasteiger partial charge in [-0.15, -0.1) is 0 Å². The van der Waals surface area contributed by atoms with E-state index >= 15 is 0 Å². The number of hydrogen-bond acceptors (Lipinski definition) is 5. The van der Waals surface area contributed by atoms with E-state index in [1.807, 2.05) is 4.42 Å². The molecular formula is C16H32ClNO4. The predicted molar refractivity (Wildman–Crippen MR) is 88.3 cm³/mol. The molecule has 0 bridgehead atoms. The van der Waals surface area contributed by atoms with E-state index in [0.29, 0.717) is 39.6 Å². The summed E-state index contributed by atoms with van der Waals surface area (Å²) in [5, 5.41) is 0. The van der Waals surface area contributed by atoms with Crippen molar-refractivity contribution in [2.45, 2.75) is 57.7 Å². The van der Waals surface area contributed by atoms with Gasteiger partial charge in [-0.3, -0.25) is 0 Å². The highest BCUT2D eigenvalue weighted by atomic mass is 35.5. The number of ether oxygens (including phenoxy) is 4. The van der Waals surface area contributed by atoms with Crippen LogP contribution in [-0.4, -0.2) is 68.4 Å². The summed E-state index contributed by atoms with van der Waals surface area (Å²) in [6.07, 6.45) is 2.08. The Morgan fingerprint density at radius 1 is 0.864 bits per heavy atom. The van der Waals surface area contributed by atoms with Crippen LogP contribution in [0.4, 0.5) is 0 Å². The van der Waals surface area contributed by atoms with Crippen molar-refractivity contribution in [3.8, 4) is 0 Å². The summed E-state index contributed by atoms with van der Waals surface area (Å²) in [6, 6.07) is 0. The van der Waals surface area contributed by atoms with Crippen LogP contribution in [0.1, 0.15) is 40.5 Å². The van der Waals surface area contributed by atoms with Crippen LogP contribution in [0.5, 0.6) is 0 Å². The highest BCUT2D eigenvalue weighted by Gasteiger charge is 2.45. The first-order valence-electron chi connectivity index (χ1n) is 8.02. The molecule has 0 saturated carbocycles. The Bertz CT molecular complexity index is 295. The Morgan fingerprint density at radius 2 is 1.32 bits per heavy atom. The summed E-state index contributed by atoms with van der Waals surface area (Å²) in [5.74, 6) is 0. The van der Waals surface area contributed by atoms with Gasteiger partial charge in [-0.1, -0.05) is 0 Å². The zero-order valence-corrected chi connectivity index (χ0v) is 15.4. The van der Waals surface area contributed by atoms with Gasteiger partial charge in [0.25, 0.3) is 0 Å². The molecule has 1 saturated heterocycles. The Hall–Kier alpha value is 0.0900. The molecule has 6 heteroatoms. The normalized spacial score (nSPS) is 22.1. The third-order valence-electron chi connectivity index (χ3n) is 3.90. The zero-order chi connectivity index (χ0) is 16.6. The van der Waals surface area contributed by atoms with E-state index in [1.54, 1.807) is 7.11 Å². The monoisotopic (exact) mass is 337 g/mol. The molecule has 0 radical (unpaired) electrons. The Labute approximate surface area is 140 Å². The lowest BCUT2D eigenvalue weighted by atomic mass is 9.81. The number of methoxy groups -OCH3 is 1.